The second kappa shape index (κ2) is 4.23. The average molecular weight is 225 g/mol. The Labute approximate surface area is 95.8 Å². The van der Waals surface area contributed by atoms with E-state index in [2.05, 4.69) is 6.07 Å². The Bertz CT molecular complexity index is 368. The van der Waals surface area contributed by atoms with Gasteiger partial charge in [-0.25, -0.2) is 0 Å². The minimum Gasteiger partial charge on any atom is -0.315 e. The zero-order chi connectivity index (χ0) is 11.6. The van der Waals surface area contributed by atoms with E-state index in [4.69, 9.17) is 11.6 Å². The molecule has 1 rings (SSSR count). The highest BCUT2D eigenvalue weighted by Gasteiger charge is 2.25. The lowest BCUT2D eigenvalue weighted by Crippen LogP contribution is -2.36. The summed E-state index contributed by atoms with van der Waals surface area (Å²) < 4.78 is 0. The molecule has 0 bridgehead atoms. The van der Waals surface area contributed by atoms with Crippen molar-refractivity contribution in [2.24, 2.45) is 5.41 Å². The smallest absolute Gasteiger partial charge is 0.232 e. The van der Waals surface area contributed by atoms with Crippen LogP contribution < -0.4 is 4.90 Å². The molecule has 0 fully saturated rings. The number of nitrogens with zero attached hydrogens (tertiary/aromatic N) is 1. The Balaban J connectivity index is 2.95. The third kappa shape index (κ3) is 2.96. The van der Waals surface area contributed by atoms with Gasteiger partial charge in [-0.15, -0.1) is 0 Å². The number of carbonyl (C=O) groups excluding carboxylic acids is 1. The number of halogens is 1. The molecule has 0 saturated carbocycles. The van der Waals surface area contributed by atoms with Gasteiger partial charge in [0, 0.05) is 24.2 Å². The summed E-state index contributed by atoms with van der Waals surface area (Å²) >= 11 is 5.81. The summed E-state index contributed by atoms with van der Waals surface area (Å²) in [5.41, 5.74) is 0.402. The van der Waals surface area contributed by atoms with Crippen molar-refractivity contribution in [3.63, 3.8) is 0 Å². The van der Waals surface area contributed by atoms with Crippen LogP contribution in [0.1, 0.15) is 20.8 Å². The maximum absolute atomic E-state index is 11.9. The molecule has 3 heteroatoms. The lowest BCUT2D eigenvalue weighted by molar-refractivity contribution is -0.125. The van der Waals surface area contributed by atoms with Crippen molar-refractivity contribution < 1.29 is 4.79 Å². The first-order chi connectivity index (χ1) is 6.82. The van der Waals surface area contributed by atoms with E-state index in [0.717, 1.165) is 5.69 Å². The SMILES string of the molecule is CN(C(=O)C(C)(C)C)c1cc[c]c(Cl)c1. The third-order valence-corrected chi connectivity index (χ3v) is 2.30. The molecule has 0 aliphatic heterocycles. The van der Waals surface area contributed by atoms with Gasteiger partial charge < -0.3 is 4.90 Å². The number of hydrogen-bond donors (Lipinski definition) is 0. The van der Waals surface area contributed by atoms with Crippen LogP contribution in [0, 0.1) is 11.5 Å². The molecule has 15 heavy (non-hydrogen) atoms. The molecule has 1 radical (unpaired) electrons. The molecule has 0 unspecified atom stereocenters. The second-order valence-corrected chi connectivity index (χ2v) is 4.92. The summed E-state index contributed by atoms with van der Waals surface area (Å²) in [6.45, 7) is 5.67. The molecule has 0 atom stereocenters. The summed E-state index contributed by atoms with van der Waals surface area (Å²) in [5, 5.41) is 0.515. The van der Waals surface area contributed by atoms with Crippen LogP contribution in [0.4, 0.5) is 5.69 Å². The molecule has 0 aromatic heterocycles. The monoisotopic (exact) mass is 224 g/mol. The highest BCUT2D eigenvalue weighted by Crippen LogP contribution is 2.23. The number of rotatable bonds is 1. The first kappa shape index (κ1) is 12.1. The van der Waals surface area contributed by atoms with Crippen LogP contribution >= 0.6 is 11.6 Å². The van der Waals surface area contributed by atoms with E-state index in [1.54, 1.807) is 24.1 Å². The van der Waals surface area contributed by atoms with Crippen LogP contribution in [0.5, 0.6) is 0 Å². The van der Waals surface area contributed by atoms with Crippen molar-refractivity contribution in [3.8, 4) is 0 Å². The van der Waals surface area contributed by atoms with Crippen LogP contribution in [-0.2, 0) is 4.79 Å². The Morgan fingerprint density at radius 3 is 2.53 bits per heavy atom. The van der Waals surface area contributed by atoms with Crippen molar-refractivity contribution in [1.82, 2.24) is 0 Å². The lowest BCUT2D eigenvalue weighted by atomic mass is 9.95. The van der Waals surface area contributed by atoms with Gasteiger partial charge in [0.2, 0.25) is 5.91 Å². The number of anilines is 1. The Morgan fingerprint density at radius 1 is 1.47 bits per heavy atom. The Hall–Kier alpha value is -1.02. The van der Waals surface area contributed by atoms with Crippen molar-refractivity contribution in [3.05, 3.63) is 29.3 Å². The van der Waals surface area contributed by atoms with Gasteiger partial charge in [-0.1, -0.05) is 38.4 Å². The summed E-state index contributed by atoms with van der Waals surface area (Å²) in [6.07, 6.45) is 0. The molecule has 0 aliphatic carbocycles. The van der Waals surface area contributed by atoms with E-state index >= 15 is 0 Å². The maximum atomic E-state index is 11.9. The minimum atomic E-state index is -0.388. The van der Waals surface area contributed by atoms with Gasteiger partial charge in [-0.05, 0) is 12.1 Å². The number of benzene rings is 1. The standard InChI is InChI=1S/C12H15ClNO/c1-12(2,3)11(15)14(4)10-7-5-6-9(13)8-10/h5,7-8H,1-4H3. The van der Waals surface area contributed by atoms with E-state index in [1.165, 1.54) is 0 Å². The first-order valence-corrected chi connectivity index (χ1v) is 5.15. The van der Waals surface area contributed by atoms with Crippen LogP contribution in [-0.4, -0.2) is 13.0 Å². The van der Waals surface area contributed by atoms with Crippen LogP contribution in [0.15, 0.2) is 18.2 Å². The van der Waals surface area contributed by atoms with Crippen molar-refractivity contribution in [2.75, 3.05) is 11.9 Å². The molecule has 0 N–H and O–H groups in total. The average Bonchev–Trinajstić information content (AvgIpc) is 2.14. The fourth-order valence-electron chi connectivity index (χ4n) is 1.26. The fourth-order valence-corrected chi connectivity index (χ4v) is 1.43. The quantitative estimate of drug-likeness (QED) is 0.718. The van der Waals surface area contributed by atoms with Crippen LogP contribution in [0.3, 0.4) is 0 Å². The fraction of sp³-hybridized carbons (Fsp3) is 0.417. The highest BCUT2D eigenvalue weighted by molar-refractivity contribution is 6.30. The molecule has 0 spiro atoms. The van der Waals surface area contributed by atoms with Crippen molar-refractivity contribution >= 4 is 23.2 Å². The Kier molecular flexibility index (Phi) is 3.40. The maximum Gasteiger partial charge on any atom is 0.232 e. The molecule has 81 valence electrons. The van der Waals surface area contributed by atoms with Gasteiger partial charge in [-0.3, -0.25) is 4.79 Å². The van der Waals surface area contributed by atoms with E-state index in [-0.39, 0.29) is 11.3 Å². The molecule has 1 aromatic carbocycles. The molecule has 2 nitrogen and oxygen atoms in total. The van der Waals surface area contributed by atoms with Gasteiger partial charge in [0.15, 0.2) is 0 Å². The summed E-state index contributed by atoms with van der Waals surface area (Å²) in [6, 6.07) is 8.09. The van der Waals surface area contributed by atoms with Gasteiger partial charge in [0.05, 0.1) is 5.02 Å². The van der Waals surface area contributed by atoms with Gasteiger partial charge >= 0.3 is 0 Å². The zero-order valence-corrected chi connectivity index (χ0v) is 10.2. The topological polar surface area (TPSA) is 20.3 Å². The van der Waals surface area contributed by atoms with Gasteiger partial charge in [0.25, 0.3) is 0 Å². The van der Waals surface area contributed by atoms with Crippen LogP contribution in [0.25, 0.3) is 0 Å². The van der Waals surface area contributed by atoms with Crippen LogP contribution in [0.2, 0.25) is 5.02 Å². The van der Waals surface area contributed by atoms with Gasteiger partial charge in [0.1, 0.15) is 0 Å². The second-order valence-electron chi connectivity index (χ2n) is 4.51. The first-order valence-electron chi connectivity index (χ1n) is 4.78. The predicted molar refractivity (Wildman–Crippen MR) is 63.2 cm³/mol. The Morgan fingerprint density at radius 2 is 2.07 bits per heavy atom. The number of amides is 1. The summed E-state index contributed by atoms with van der Waals surface area (Å²) in [5.74, 6) is 0.0600. The molecule has 1 aromatic rings. The molecule has 0 saturated heterocycles. The lowest BCUT2D eigenvalue weighted by Gasteiger charge is -2.26. The number of carbonyl (C=O) groups is 1. The third-order valence-electron chi connectivity index (χ3n) is 2.08. The van der Waals surface area contributed by atoms with Gasteiger partial charge in [-0.2, -0.15) is 0 Å². The largest absolute Gasteiger partial charge is 0.315 e. The molecular weight excluding hydrogens is 210 g/mol. The van der Waals surface area contributed by atoms with Crippen molar-refractivity contribution in [2.45, 2.75) is 20.8 Å². The minimum absolute atomic E-state index is 0.0600. The van der Waals surface area contributed by atoms with E-state index < -0.39 is 0 Å². The summed E-state index contributed by atoms with van der Waals surface area (Å²) in [7, 11) is 1.75. The molecular formula is C12H15ClNO. The number of hydrogen-bond acceptors (Lipinski definition) is 1. The predicted octanol–water partition coefficient (Wildman–Crippen LogP) is 3.15. The van der Waals surface area contributed by atoms with E-state index in [9.17, 15) is 4.79 Å². The molecule has 0 aliphatic rings. The molecule has 0 heterocycles. The van der Waals surface area contributed by atoms with E-state index in [0.29, 0.717) is 5.02 Å². The zero-order valence-electron chi connectivity index (χ0n) is 9.47. The highest BCUT2D eigenvalue weighted by atomic mass is 35.5. The molecule has 1 amide bonds. The summed E-state index contributed by atoms with van der Waals surface area (Å²) in [4.78, 5) is 13.6. The normalized spacial score (nSPS) is 11.3. The van der Waals surface area contributed by atoms with E-state index in [1.807, 2.05) is 26.8 Å². The van der Waals surface area contributed by atoms with Crippen molar-refractivity contribution in [1.29, 1.82) is 0 Å².